The zero-order chi connectivity index (χ0) is 23.3. The predicted octanol–water partition coefficient (Wildman–Crippen LogP) is 0.313. The summed E-state index contributed by atoms with van der Waals surface area (Å²) < 4.78 is 0. The Hall–Kier alpha value is -4.35. The van der Waals surface area contributed by atoms with Gasteiger partial charge in [0.2, 0.25) is 0 Å². The SMILES string of the molecule is O=C(NCCC[C@H](NC(=O)c1cc(O)c(O)c(O)c1)C(=O)O)c1cc(O)c(O)c(O)c1. The van der Waals surface area contributed by atoms with Gasteiger partial charge in [-0.2, -0.15) is 0 Å². The van der Waals surface area contributed by atoms with E-state index in [4.69, 9.17) is 0 Å². The lowest BCUT2D eigenvalue weighted by Crippen LogP contribution is -2.41. The number of carbonyl (C=O) groups excluding carboxylic acids is 2. The summed E-state index contributed by atoms with van der Waals surface area (Å²) in [6.07, 6.45) is 0.0224. The second-order valence-electron chi connectivity index (χ2n) is 6.49. The van der Waals surface area contributed by atoms with E-state index < -0.39 is 58.3 Å². The van der Waals surface area contributed by atoms with Crippen molar-refractivity contribution in [1.82, 2.24) is 10.6 Å². The van der Waals surface area contributed by atoms with Crippen molar-refractivity contribution >= 4 is 17.8 Å². The maximum Gasteiger partial charge on any atom is 0.326 e. The van der Waals surface area contributed by atoms with E-state index in [0.29, 0.717) is 0 Å². The molecule has 2 aromatic rings. The van der Waals surface area contributed by atoms with Crippen LogP contribution in [0.4, 0.5) is 0 Å². The molecule has 0 fully saturated rings. The van der Waals surface area contributed by atoms with Crippen LogP contribution in [-0.4, -0.2) is 66.1 Å². The molecule has 12 nitrogen and oxygen atoms in total. The van der Waals surface area contributed by atoms with Crippen LogP contribution in [0.3, 0.4) is 0 Å². The summed E-state index contributed by atoms with van der Waals surface area (Å²) in [5, 5.41) is 70.2. The number of hydrogen-bond donors (Lipinski definition) is 9. The number of rotatable bonds is 8. The molecule has 12 heteroatoms. The number of nitrogens with one attached hydrogen (secondary N) is 2. The number of hydrogen-bond acceptors (Lipinski definition) is 9. The lowest BCUT2D eigenvalue weighted by Gasteiger charge is -2.15. The highest BCUT2D eigenvalue weighted by Crippen LogP contribution is 2.36. The minimum atomic E-state index is -1.36. The Morgan fingerprint density at radius 1 is 0.742 bits per heavy atom. The molecule has 2 aromatic carbocycles. The minimum Gasteiger partial charge on any atom is -0.504 e. The van der Waals surface area contributed by atoms with Gasteiger partial charge >= 0.3 is 5.97 Å². The van der Waals surface area contributed by atoms with Crippen LogP contribution in [0.2, 0.25) is 0 Å². The van der Waals surface area contributed by atoms with Gasteiger partial charge in [0.25, 0.3) is 11.8 Å². The second kappa shape index (κ2) is 9.43. The summed E-state index contributed by atoms with van der Waals surface area (Å²) in [5.41, 5.74) is -0.415. The fraction of sp³-hybridized carbons (Fsp3) is 0.211. The minimum absolute atomic E-state index is 0.0122. The van der Waals surface area contributed by atoms with Gasteiger partial charge in [-0.05, 0) is 37.1 Å². The van der Waals surface area contributed by atoms with E-state index in [1.165, 1.54) is 0 Å². The number of phenols is 6. The third kappa shape index (κ3) is 5.59. The van der Waals surface area contributed by atoms with Gasteiger partial charge in [-0.1, -0.05) is 0 Å². The van der Waals surface area contributed by atoms with Crippen molar-refractivity contribution in [1.29, 1.82) is 0 Å². The van der Waals surface area contributed by atoms with Gasteiger partial charge < -0.3 is 46.4 Å². The lowest BCUT2D eigenvalue weighted by molar-refractivity contribution is -0.139. The molecular formula is C19H20N2O10. The number of carboxylic acid groups (broad SMARTS) is 1. The molecule has 0 aromatic heterocycles. The van der Waals surface area contributed by atoms with Crippen LogP contribution in [0.1, 0.15) is 33.6 Å². The number of carboxylic acids is 1. The van der Waals surface area contributed by atoms with Crippen LogP contribution >= 0.6 is 0 Å². The summed E-state index contributed by atoms with van der Waals surface area (Å²) in [7, 11) is 0. The second-order valence-corrected chi connectivity index (χ2v) is 6.49. The maximum atomic E-state index is 12.2. The topological polar surface area (TPSA) is 217 Å². The molecule has 2 amide bonds. The quantitative estimate of drug-likeness (QED) is 0.204. The molecule has 0 bridgehead atoms. The lowest BCUT2D eigenvalue weighted by atomic mass is 10.1. The Balaban J connectivity index is 1.92. The van der Waals surface area contributed by atoms with E-state index in [9.17, 15) is 50.1 Å². The van der Waals surface area contributed by atoms with Crippen LogP contribution < -0.4 is 10.6 Å². The van der Waals surface area contributed by atoms with E-state index >= 15 is 0 Å². The largest absolute Gasteiger partial charge is 0.504 e. The van der Waals surface area contributed by atoms with E-state index in [2.05, 4.69) is 10.6 Å². The molecule has 1 atom stereocenters. The third-order valence-corrected chi connectivity index (χ3v) is 4.22. The molecular weight excluding hydrogens is 416 g/mol. The molecule has 0 aliphatic heterocycles. The standard InChI is InChI=1S/C19H20N2O10/c22-11-4-8(5-12(23)15(11)26)17(28)20-3-1-2-10(19(30)31)21-18(29)9-6-13(24)16(27)14(25)7-9/h4-7,10,22-27H,1-3H2,(H,20,28)(H,21,29)(H,30,31)/t10-/m0/s1. The normalized spacial score (nSPS) is 11.5. The van der Waals surface area contributed by atoms with Gasteiger partial charge in [0.15, 0.2) is 34.5 Å². The molecule has 0 heterocycles. The Morgan fingerprint density at radius 2 is 1.16 bits per heavy atom. The Kier molecular flexibility index (Phi) is 6.98. The monoisotopic (exact) mass is 436 g/mol. The van der Waals surface area contributed by atoms with Crippen molar-refractivity contribution in [3.63, 3.8) is 0 Å². The van der Waals surface area contributed by atoms with Gasteiger partial charge in [-0.3, -0.25) is 9.59 Å². The number of aliphatic carboxylic acids is 1. The first-order valence-corrected chi connectivity index (χ1v) is 8.83. The smallest absolute Gasteiger partial charge is 0.326 e. The Morgan fingerprint density at radius 3 is 1.58 bits per heavy atom. The first-order valence-electron chi connectivity index (χ1n) is 8.83. The van der Waals surface area contributed by atoms with Crippen LogP contribution in [0, 0.1) is 0 Å². The molecule has 0 spiro atoms. The van der Waals surface area contributed by atoms with Crippen LogP contribution in [0.5, 0.6) is 34.5 Å². The van der Waals surface area contributed by atoms with Crippen molar-refractivity contribution in [3.8, 4) is 34.5 Å². The third-order valence-electron chi connectivity index (χ3n) is 4.22. The zero-order valence-corrected chi connectivity index (χ0v) is 15.9. The van der Waals surface area contributed by atoms with Gasteiger partial charge in [0, 0.05) is 17.7 Å². The molecule has 0 aliphatic rings. The number of phenolic OH excluding ortho intramolecular Hbond substituents is 6. The van der Waals surface area contributed by atoms with Crippen molar-refractivity contribution < 1.29 is 50.1 Å². The average Bonchev–Trinajstić information content (AvgIpc) is 2.70. The van der Waals surface area contributed by atoms with E-state index in [-0.39, 0.29) is 30.5 Å². The zero-order valence-electron chi connectivity index (χ0n) is 15.9. The molecule has 31 heavy (non-hydrogen) atoms. The first kappa shape index (κ1) is 22.9. The molecule has 0 saturated carbocycles. The van der Waals surface area contributed by atoms with Crippen molar-refractivity contribution in [3.05, 3.63) is 35.4 Å². The fourth-order valence-electron chi connectivity index (χ4n) is 2.58. The molecule has 0 saturated heterocycles. The van der Waals surface area contributed by atoms with Crippen molar-refractivity contribution in [2.45, 2.75) is 18.9 Å². The molecule has 0 radical (unpaired) electrons. The van der Waals surface area contributed by atoms with Gasteiger partial charge in [0.1, 0.15) is 6.04 Å². The van der Waals surface area contributed by atoms with Crippen LogP contribution in [0.25, 0.3) is 0 Å². The predicted molar refractivity (Wildman–Crippen MR) is 103 cm³/mol. The van der Waals surface area contributed by atoms with Gasteiger partial charge in [0.05, 0.1) is 0 Å². The average molecular weight is 436 g/mol. The highest BCUT2D eigenvalue weighted by molar-refractivity contribution is 5.97. The van der Waals surface area contributed by atoms with E-state index in [1.54, 1.807) is 0 Å². The summed E-state index contributed by atoms with van der Waals surface area (Å²) in [6.45, 7) is -0.0122. The van der Waals surface area contributed by atoms with Crippen molar-refractivity contribution in [2.24, 2.45) is 0 Å². The first-order chi connectivity index (χ1) is 14.5. The van der Waals surface area contributed by atoms with Gasteiger partial charge in [-0.25, -0.2) is 4.79 Å². The Bertz CT molecular complexity index is 975. The summed E-state index contributed by atoms with van der Waals surface area (Å²) in [4.78, 5) is 35.6. The maximum absolute atomic E-state index is 12.2. The Labute approximate surface area is 174 Å². The number of aromatic hydroxyl groups is 6. The van der Waals surface area contributed by atoms with Crippen molar-refractivity contribution in [2.75, 3.05) is 6.54 Å². The molecule has 2 rings (SSSR count). The summed E-state index contributed by atoms with van der Waals surface area (Å²) in [6, 6.07) is 2.22. The molecule has 9 N–H and O–H groups in total. The fourth-order valence-corrected chi connectivity index (χ4v) is 2.58. The highest BCUT2D eigenvalue weighted by atomic mass is 16.4. The molecule has 0 unspecified atom stereocenters. The van der Waals surface area contributed by atoms with E-state index in [1.807, 2.05) is 0 Å². The summed E-state index contributed by atoms with van der Waals surface area (Å²) in [5.74, 6) is -7.47. The highest BCUT2D eigenvalue weighted by Gasteiger charge is 2.22. The number of amides is 2. The van der Waals surface area contributed by atoms with Crippen LogP contribution in [-0.2, 0) is 4.79 Å². The number of carbonyl (C=O) groups is 3. The number of benzene rings is 2. The summed E-state index contributed by atoms with van der Waals surface area (Å²) >= 11 is 0. The molecule has 0 aliphatic carbocycles. The van der Waals surface area contributed by atoms with Gasteiger partial charge in [-0.15, -0.1) is 0 Å². The molecule has 166 valence electrons. The van der Waals surface area contributed by atoms with E-state index in [0.717, 1.165) is 24.3 Å². The van der Waals surface area contributed by atoms with Crippen LogP contribution in [0.15, 0.2) is 24.3 Å².